The highest BCUT2D eigenvalue weighted by atomic mass is 19.4. The number of alkyl halides is 6. The number of halogens is 6. The Bertz CT molecular complexity index is 813. The SMILES string of the molecule is CCC(=Cc1ccn(-c2cc(C(F)(F)F)cc(C(F)(F)F)c2)c1)C(=O)O. The molecule has 3 nitrogen and oxygen atoms in total. The van der Waals surface area contributed by atoms with E-state index in [1.165, 1.54) is 24.5 Å². The summed E-state index contributed by atoms with van der Waals surface area (Å²) >= 11 is 0. The lowest BCUT2D eigenvalue weighted by Crippen LogP contribution is -2.12. The summed E-state index contributed by atoms with van der Waals surface area (Å²) in [6, 6.07) is 2.64. The van der Waals surface area contributed by atoms with Gasteiger partial charge in [0, 0.05) is 23.7 Å². The maximum Gasteiger partial charge on any atom is 0.416 e. The van der Waals surface area contributed by atoms with Crippen LogP contribution >= 0.6 is 0 Å². The average Bonchev–Trinajstić information content (AvgIpc) is 2.98. The summed E-state index contributed by atoms with van der Waals surface area (Å²) in [5, 5.41) is 8.99. The number of nitrogens with zero attached hydrogens (tertiary/aromatic N) is 1. The van der Waals surface area contributed by atoms with Crippen molar-refractivity contribution in [2.24, 2.45) is 0 Å². The molecule has 0 spiro atoms. The fourth-order valence-corrected chi connectivity index (χ4v) is 2.26. The molecule has 1 heterocycles. The van der Waals surface area contributed by atoms with E-state index in [4.69, 9.17) is 5.11 Å². The van der Waals surface area contributed by atoms with Crippen LogP contribution in [0.5, 0.6) is 0 Å². The molecule has 0 radical (unpaired) electrons. The van der Waals surface area contributed by atoms with Gasteiger partial charge in [0.25, 0.3) is 0 Å². The van der Waals surface area contributed by atoms with Crippen molar-refractivity contribution in [3.05, 3.63) is 58.9 Å². The molecule has 1 aromatic carbocycles. The second-order valence-electron chi connectivity index (χ2n) is 5.44. The zero-order valence-corrected chi connectivity index (χ0v) is 13.3. The van der Waals surface area contributed by atoms with Crippen molar-refractivity contribution in [3.8, 4) is 5.69 Å². The second-order valence-corrected chi connectivity index (χ2v) is 5.44. The molecule has 0 aliphatic rings. The number of carboxylic acid groups (broad SMARTS) is 1. The van der Waals surface area contributed by atoms with Crippen molar-refractivity contribution in [1.82, 2.24) is 4.57 Å². The molecular formula is C17H13F6NO2. The van der Waals surface area contributed by atoms with Crippen molar-refractivity contribution >= 4 is 12.0 Å². The zero-order valence-electron chi connectivity index (χ0n) is 13.3. The third kappa shape index (κ3) is 4.47. The van der Waals surface area contributed by atoms with Gasteiger partial charge in [-0.2, -0.15) is 26.3 Å². The normalized spacial score (nSPS) is 13.1. The van der Waals surface area contributed by atoms with Crippen molar-refractivity contribution in [2.45, 2.75) is 25.7 Å². The Hall–Kier alpha value is -2.71. The molecule has 1 aromatic heterocycles. The maximum atomic E-state index is 12.9. The van der Waals surface area contributed by atoms with Gasteiger partial charge in [0.15, 0.2) is 0 Å². The number of rotatable bonds is 4. The molecule has 0 atom stereocenters. The van der Waals surface area contributed by atoms with E-state index in [0.29, 0.717) is 17.7 Å². The summed E-state index contributed by atoms with van der Waals surface area (Å²) in [6.07, 6.45) is -5.85. The van der Waals surface area contributed by atoms with Gasteiger partial charge in [-0.3, -0.25) is 0 Å². The summed E-state index contributed by atoms with van der Waals surface area (Å²) < 4.78 is 78.5. The Kier molecular flexibility index (Phi) is 5.20. The fourth-order valence-electron chi connectivity index (χ4n) is 2.26. The van der Waals surface area contributed by atoms with Gasteiger partial charge in [-0.1, -0.05) is 6.92 Å². The van der Waals surface area contributed by atoms with Gasteiger partial charge in [-0.25, -0.2) is 4.79 Å². The van der Waals surface area contributed by atoms with Gasteiger partial charge in [0.05, 0.1) is 11.1 Å². The molecule has 26 heavy (non-hydrogen) atoms. The van der Waals surface area contributed by atoms with Crippen LogP contribution in [0.15, 0.2) is 42.2 Å². The van der Waals surface area contributed by atoms with Crippen LogP contribution in [-0.2, 0) is 17.1 Å². The van der Waals surface area contributed by atoms with Crippen molar-refractivity contribution < 1.29 is 36.2 Å². The topological polar surface area (TPSA) is 42.2 Å². The Morgan fingerprint density at radius 2 is 1.62 bits per heavy atom. The van der Waals surface area contributed by atoms with Gasteiger partial charge in [0.2, 0.25) is 0 Å². The third-order valence-corrected chi connectivity index (χ3v) is 3.58. The highest BCUT2D eigenvalue weighted by Crippen LogP contribution is 2.37. The van der Waals surface area contributed by atoms with E-state index in [0.717, 1.165) is 4.57 Å². The Morgan fingerprint density at radius 3 is 2.04 bits per heavy atom. The number of benzene rings is 1. The van der Waals surface area contributed by atoms with Crippen LogP contribution in [-0.4, -0.2) is 15.6 Å². The Balaban J connectivity index is 2.54. The molecule has 2 aromatic rings. The molecule has 0 fully saturated rings. The van der Waals surface area contributed by atoms with E-state index < -0.39 is 29.4 Å². The smallest absolute Gasteiger partial charge is 0.416 e. The predicted octanol–water partition coefficient (Wildman–Crippen LogP) is 5.39. The first-order valence-corrected chi connectivity index (χ1v) is 7.33. The Labute approximate surface area is 144 Å². The van der Waals surface area contributed by atoms with Gasteiger partial charge >= 0.3 is 18.3 Å². The largest absolute Gasteiger partial charge is 0.478 e. The van der Waals surface area contributed by atoms with Crippen LogP contribution in [0, 0.1) is 0 Å². The number of hydrogen-bond donors (Lipinski definition) is 1. The first-order chi connectivity index (χ1) is 11.9. The highest BCUT2D eigenvalue weighted by molar-refractivity contribution is 5.92. The van der Waals surface area contributed by atoms with Gasteiger partial charge in [0.1, 0.15) is 0 Å². The van der Waals surface area contributed by atoms with Crippen LogP contribution < -0.4 is 0 Å². The van der Waals surface area contributed by atoms with Crippen LogP contribution in [0.1, 0.15) is 30.0 Å². The van der Waals surface area contributed by atoms with E-state index in [1.807, 2.05) is 0 Å². The average molecular weight is 377 g/mol. The number of hydrogen-bond acceptors (Lipinski definition) is 1. The molecule has 0 bridgehead atoms. The maximum absolute atomic E-state index is 12.9. The monoisotopic (exact) mass is 377 g/mol. The van der Waals surface area contributed by atoms with Gasteiger partial charge < -0.3 is 9.67 Å². The highest BCUT2D eigenvalue weighted by Gasteiger charge is 2.37. The van der Waals surface area contributed by atoms with Gasteiger partial charge in [-0.15, -0.1) is 0 Å². The van der Waals surface area contributed by atoms with E-state index >= 15 is 0 Å². The van der Waals surface area contributed by atoms with Crippen molar-refractivity contribution in [1.29, 1.82) is 0 Å². The number of aromatic nitrogens is 1. The molecular weight excluding hydrogens is 364 g/mol. The van der Waals surface area contributed by atoms with E-state index in [2.05, 4.69) is 0 Å². The van der Waals surface area contributed by atoms with Gasteiger partial charge in [-0.05, 0) is 42.3 Å². The molecule has 0 saturated carbocycles. The number of carboxylic acids is 1. The predicted molar refractivity (Wildman–Crippen MR) is 81.7 cm³/mol. The molecule has 9 heteroatoms. The summed E-state index contributed by atoms with van der Waals surface area (Å²) in [7, 11) is 0. The molecule has 140 valence electrons. The van der Waals surface area contributed by atoms with Crippen LogP contribution in [0.4, 0.5) is 26.3 Å². The molecule has 0 unspecified atom stereocenters. The third-order valence-electron chi connectivity index (χ3n) is 3.58. The lowest BCUT2D eigenvalue weighted by atomic mass is 10.1. The zero-order chi connectivity index (χ0) is 19.7. The van der Waals surface area contributed by atoms with Crippen molar-refractivity contribution in [3.63, 3.8) is 0 Å². The minimum atomic E-state index is -4.94. The lowest BCUT2D eigenvalue weighted by molar-refractivity contribution is -0.143. The van der Waals surface area contributed by atoms with E-state index in [9.17, 15) is 31.1 Å². The summed E-state index contributed by atoms with van der Waals surface area (Å²) in [5.74, 6) is -1.15. The van der Waals surface area contributed by atoms with Crippen LogP contribution in [0.2, 0.25) is 0 Å². The lowest BCUT2D eigenvalue weighted by Gasteiger charge is -2.14. The second kappa shape index (κ2) is 6.89. The minimum Gasteiger partial charge on any atom is -0.478 e. The fraction of sp³-hybridized carbons (Fsp3) is 0.235. The summed E-state index contributed by atoms with van der Waals surface area (Å²) in [6.45, 7) is 1.61. The Morgan fingerprint density at radius 1 is 1.08 bits per heavy atom. The standard InChI is InChI=1S/C17H13F6NO2/c1-2-11(15(25)26)5-10-3-4-24(9-10)14-7-12(16(18,19)20)6-13(8-14)17(21,22)23/h3-9H,2H2,1H3,(H,25,26). The van der Waals surface area contributed by atoms with Crippen molar-refractivity contribution in [2.75, 3.05) is 0 Å². The molecule has 0 aliphatic carbocycles. The molecule has 0 saturated heterocycles. The number of aliphatic carboxylic acids is 1. The van der Waals surface area contributed by atoms with Crippen LogP contribution in [0.3, 0.4) is 0 Å². The van der Waals surface area contributed by atoms with E-state index in [-0.39, 0.29) is 23.7 Å². The first-order valence-electron chi connectivity index (χ1n) is 7.33. The first kappa shape index (κ1) is 19.6. The molecule has 0 amide bonds. The summed E-state index contributed by atoms with van der Waals surface area (Å²) in [5.41, 5.74) is -2.78. The van der Waals surface area contributed by atoms with Crippen LogP contribution in [0.25, 0.3) is 11.8 Å². The van der Waals surface area contributed by atoms with E-state index in [1.54, 1.807) is 6.92 Å². The molecule has 1 N–H and O–H groups in total. The minimum absolute atomic E-state index is 0.0490. The summed E-state index contributed by atoms with van der Waals surface area (Å²) in [4.78, 5) is 11.0. The molecule has 0 aliphatic heterocycles. The quantitative estimate of drug-likeness (QED) is 0.573. The number of carbonyl (C=O) groups is 1. The molecule has 2 rings (SSSR count).